The van der Waals surface area contributed by atoms with Gasteiger partial charge in [-0.2, -0.15) is 13.2 Å². The first kappa shape index (κ1) is 36.5. The molecule has 0 bridgehead atoms. The molecule has 3 rings (SSSR count). The molecule has 0 N–H and O–H groups in total. The number of carbonyl (C=O) groups excluding carboxylic acids is 2. The number of aromatic nitrogens is 2. The molecular formula is C36H45F3N2O5. The first-order chi connectivity index (χ1) is 22.2. The lowest BCUT2D eigenvalue weighted by molar-refractivity contribution is -0.206. The predicted molar refractivity (Wildman–Crippen MR) is 171 cm³/mol. The highest BCUT2D eigenvalue weighted by molar-refractivity contribution is 5.92. The number of rotatable bonds is 20. The molecule has 7 nitrogen and oxygen atoms in total. The Morgan fingerprint density at radius 1 is 0.674 bits per heavy atom. The summed E-state index contributed by atoms with van der Waals surface area (Å²) in [6.45, 7) is 4.81. The predicted octanol–water partition coefficient (Wildman–Crippen LogP) is 9.94. The molecule has 0 spiro atoms. The maximum absolute atomic E-state index is 13.4. The van der Waals surface area contributed by atoms with Crippen molar-refractivity contribution in [3.63, 3.8) is 0 Å². The van der Waals surface area contributed by atoms with Crippen molar-refractivity contribution in [1.29, 1.82) is 0 Å². The molecule has 0 fully saturated rings. The van der Waals surface area contributed by atoms with Gasteiger partial charge in [0.2, 0.25) is 0 Å². The highest BCUT2D eigenvalue weighted by Crippen LogP contribution is 2.28. The molecule has 0 amide bonds. The van der Waals surface area contributed by atoms with Crippen molar-refractivity contribution in [2.45, 2.75) is 110 Å². The van der Waals surface area contributed by atoms with E-state index in [1.54, 1.807) is 36.7 Å². The summed E-state index contributed by atoms with van der Waals surface area (Å²) in [6, 6.07) is 11.8. The number of nitrogens with zero attached hydrogens (tertiary/aromatic N) is 2. The Hall–Kier alpha value is -3.95. The largest absolute Gasteiger partial charge is 0.490 e. The Bertz CT molecular complexity index is 1310. The van der Waals surface area contributed by atoms with E-state index in [2.05, 4.69) is 16.9 Å². The van der Waals surface area contributed by atoms with Crippen molar-refractivity contribution in [2.24, 2.45) is 0 Å². The minimum atomic E-state index is -4.65. The third-order valence-corrected chi connectivity index (χ3v) is 7.51. The van der Waals surface area contributed by atoms with Crippen molar-refractivity contribution in [3.8, 4) is 22.9 Å². The number of ether oxygens (including phenoxy) is 3. The second-order valence-electron chi connectivity index (χ2n) is 11.3. The number of esters is 2. The Morgan fingerprint density at radius 2 is 1.20 bits per heavy atom. The summed E-state index contributed by atoms with van der Waals surface area (Å²) < 4.78 is 56.0. The Kier molecular flexibility index (Phi) is 15.5. The van der Waals surface area contributed by atoms with E-state index in [0.29, 0.717) is 36.6 Å². The van der Waals surface area contributed by atoms with E-state index in [-0.39, 0.29) is 23.3 Å². The van der Waals surface area contributed by atoms with E-state index in [4.69, 9.17) is 14.2 Å². The molecule has 3 aromatic rings. The van der Waals surface area contributed by atoms with Crippen molar-refractivity contribution in [2.75, 3.05) is 6.61 Å². The van der Waals surface area contributed by atoms with E-state index >= 15 is 0 Å². The van der Waals surface area contributed by atoms with Crippen LogP contribution in [0.2, 0.25) is 0 Å². The number of alkyl halides is 3. The van der Waals surface area contributed by atoms with E-state index < -0.39 is 24.2 Å². The summed E-state index contributed by atoms with van der Waals surface area (Å²) in [7, 11) is 0. The van der Waals surface area contributed by atoms with Crippen molar-refractivity contribution >= 4 is 11.9 Å². The SMILES string of the molecule is CCCCCCCCCCOc1cnc(-c2ccc(C(=O)Oc3ccc(C(=O)O[C@@H](CCCCCC)C(F)(F)F)cc3)cc2)nc1. The number of hydrogen-bond donors (Lipinski definition) is 0. The van der Waals surface area contributed by atoms with Crippen LogP contribution in [0.4, 0.5) is 13.2 Å². The van der Waals surface area contributed by atoms with Gasteiger partial charge in [0.15, 0.2) is 17.7 Å². The van der Waals surface area contributed by atoms with Gasteiger partial charge in [0.1, 0.15) is 5.75 Å². The molecular weight excluding hydrogens is 597 g/mol. The van der Waals surface area contributed by atoms with Crippen LogP contribution in [0.1, 0.15) is 118 Å². The molecule has 0 radical (unpaired) electrons. The summed E-state index contributed by atoms with van der Waals surface area (Å²) in [5.74, 6) is -0.513. The van der Waals surface area contributed by atoms with E-state index in [1.807, 2.05) is 6.92 Å². The fourth-order valence-electron chi connectivity index (χ4n) is 4.79. The number of carbonyl (C=O) groups is 2. The maximum Gasteiger partial charge on any atom is 0.425 e. The van der Waals surface area contributed by atoms with Crippen LogP contribution in [0.3, 0.4) is 0 Å². The Labute approximate surface area is 269 Å². The van der Waals surface area contributed by atoms with Gasteiger partial charge in [-0.05, 0) is 55.7 Å². The summed E-state index contributed by atoms with van der Waals surface area (Å²) in [5, 5.41) is 0. The lowest BCUT2D eigenvalue weighted by Gasteiger charge is -2.20. The summed E-state index contributed by atoms with van der Waals surface area (Å²) in [4.78, 5) is 33.8. The smallest absolute Gasteiger partial charge is 0.425 e. The van der Waals surface area contributed by atoms with Gasteiger partial charge in [0.05, 0.1) is 30.1 Å². The topological polar surface area (TPSA) is 87.6 Å². The number of unbranched alkanes of at least 4 members (excludes halogenated alkanes) is 10. The summed E-state index contributed by atoms with van der Waals surface area (Å²) in [5.41, 5.74) is 0.904. The second kappa shape index (κ2) is 19.5. The first-order valence-electron chi connectivity index (χ1n) is 16.4. The van der Waals surface area contributed by atoms with Crippen LogP contribution >= 0.6 is 0 Å². The summed E-state index contributed by atoms with van der Waals surface area (Å²) >= 11 is 0. The third kappa shape index (κ3) is 12.8. The average Bonchev–Trinajstić information content (AvgIpc) is 3.05. The number of halogens is 3. The van der Waals surface area contributed by atoms with Gasteiger partial charge >= 0.3 is 18.1 Å². The van der Waals surface area contributed by atoms with Crippen molar-refractivity contribution in [1.82, 2.24) is 9.97 Å². The van der Waals surface area contributed by atoms with Crippen molar-refractivity contribution < 1.29 is 37.0 Å². The standard InChI is InChI=1S/C36H45F3N2O5/c1-3-5-7-9-10-11-12-14-24-44-31-25-40-33(41-26-31)27-16-18-28(19-17-27)34(42)45-30-22-20-29(21-23-30)35(43)46-32(36(37,38)39)15-13-8-6-4-2/h16-23,25-26,32H,3-15,24H2,1-2H3/t32-/m0/s1. The fourth-order valence-corrected chi connectivity index (χ4v) is 4.79. The minimum absolute atomic E-state index is 0.0726. The van der Waals surface area contributed by atoms with Crippen LogP contribution in [0.5, 0.6) is 11.5 Å². The van der Waals surface area contributed by atoms with Crippen molar-refractivity contribution in [3.05, 3.63) is 72.1 Å². The third-order valence-electron chi connectivity index (χ3n) is 7.51. The van der Waals surface area contributed by atoms with E-state index in [9.17, 15) is 22.8 Å². The molecule has 46 heavy (non-hydrogen) atoms. The average molecular weight is 643 g/mol. The van der Waals surface area contributed by atoms with Gasteiger partial charge in [-0.3, -0.25) is 0 Å². The quantitative estimate of drug-likeness (QED) is 0.0689. The zero-order valence-electron chi connectivity index (χ0n) is 26.8. The molecule has 10 heteroatoms. The van der Waals surface area contributed by atoms with Crippen LogP contribution in [-0.2, 0) is 4.74 Å². The molecule has 2 aromatic carbocycles. The highest BCUT2D eigenvalue weighted by Gasteiger charge is 2.42. The van der Waals surface area contributed by atoms with E-state index in [0.717, 1.165) is 25.7 Å². The monoisotopic (exact) mass is 642 g/mol. The van der Waals surface area contributed by atoms with Gasteiger partial charge in [0, 0.05) is 5.56 Å². The number of benzene rings is 2. The van der Waals surface area contributed by atoms with Gasteiger partial charge in [-0.1, -0.05) is 90.2 Å². The van der Waals surface area contributed by atoms with Gasteiger partial charge < -0.3 is 14.2 Å². The normalized spacial score (nSPS) is 12.0. The molecule has 0 aliphatic heterocycles. The van der Waals surface area contributed by atoms with Crippen LogP contribution in [0.25, 0.3) is 11.4 Å². The van der Waals surface area contributed by atoms with Gasteiger partial charge in [-0.25, -0.2) is 19.6 Å². The Balaban J connectivity index is 1.45. The van der Waals surface area contributed by atoms with Crippen LogP contribution in [0.15, 0.2) is 60.9 Å². The highest BCUT2D eigenvalue weighted by atomic mass is 19.4. The van der Waals surface area contributed by atoms with Crippen LogP contribution in [-0.4, -0.2) is 40.8 Å². The maximum atomic E-state index is 13.4. The van der Waals surface area contributed by atoms with Crippen LogP contribution < -0.4 is 9.47 Å². The molecule has 0 aliphatic carbocycles. The number of hydrogen-bond acceptors (Lipinski definition) is 7. The molecule has 0 saturated heterocycles. The van der Waals surface area contributed by atoms with Gasteiger partial charge in [-0.15, -0.1) is 0 Å². The zero-order valence-corrected chi connectivity index (χ0v) is 26.8. The second-order valence-corrected chi connectivity index (χ2v) is 11.3. The molecule has 1 aromatic heterocycles. The molecule has 0 aliphatic rings. The fraction of sp³-hybridized carbons (Fsp3) is 0.500. The molecule has 0 saturated carbocycles. The zero-order chi connectivity index (χ0) is 33.2. The molecule has 1 atom stereocenters. The molecule has 1 heterocycles. The molecule has 250 valence electrons. The summed E-state index contributed by atoms with van der Waals surface area (Å²) in [6.07, 6.45) is 8.65. The van der Waals surface area contributed by atoms with Gasteiger partial charge in [0.25, 0.3) is 0 Å². The Morgan fingerprint density at radius 3 is 1.78 bits per heavy atom. The first-order valence-corrected chi connectivity index (χ1v) is 16.4. The van der Waals surface area contributed by atoms with Crippen LogP contribution in [0, 0.1) is 0 Å². The lowest BCUT2D eigenvalue weighted by atomic mass is 10.1. The van der Waals surface area contributed by atoms with E-state index in [1.165, 1.54) is 62.8 Å². The minimum Gasteiger partial charge on any atom is -0.490 e. The molecule has 0 unspecified atom stereocenters. The lowest BCUT2D eigenvalue weighted by Crippen LogP contribution is -2.33.